The van der Waals surface area contributed by atoms with Gasteiger partial charge in [0.25, 0.3) is 0 Å². The zero-order chi connectivity index (χ0) is 28.1. The van der Waals surface area contributed by atoms with Crippen LogP contribution < -0.4 is 4.74 Å². The Morgan fingerprint density at radius 3 is 2.35 bits per heavy atom. The highest BCUT2D eigenvalue weighted by Gasteiger charge is 2.63. The summed E-state index contributed by atoms with van der Waals surface area (Å²) in [5.41, 5.74) is 0. The number of alkyl halides is 2. The molecule has 1 heterocycles. The zero-order valence-corrected chi connectivity index (χ0v) is 25.0. The van der Waals surface area contributed by atoms with Crippen LogP contribution in [0.25, 0.3) is 10.8 Å². The van der Waals surface area contributed by atoms with E-state index >= 15 is 0 Å². The molecule has 4 saturated carbocycles. The van der Waals surface area contributed by atoms with Crippen molar-refractivity contribution in [1.82, 2.24) is 0 Å². The zero-order valence-electron chi connectivity index (χ0n) is 23.4. The van der Waals surface area contributed by atoms with Gasteiger partial charge in [0.15, 0.2) is 15.0 Å². The molecule has 4 aliphatic carbocycles. The molecule has 7 unspecified atom stereocenters. The van der Waals surface area contributed by atoms with E-state index < -0.39 is 21.8 Å². The molecule has 4 nitrogen and oxygen atoms in total. The fourth-order valence-corrected chi connectivity index (χ4v) is 12.1. The van der Waals surface area contributed by atoms with Crippen LogP contribution in [0.2, 0.25) is 0 Å². The molecule has 0 radical (unpaired) electrons. The Kier molecular flexibility index (Phi) is 8.16. The Labute approximate surface area is 240 Å². The van der Waals surface area contributed by atoms with Crippen molar-refractivity contribution in [3.05, 3.63) is 36.4 Å². The SMILES string of the molecule is CCCCOc1ccc([S+]2CCCC2)c2ccccc12.O=S(=O)([O-])C(F)(F)CC1CC2CC1C1C3CCC(C3)C21. The van der Waals surface area contributed by atoms with Crippen molar-refractivity contribution in [3.63, 3.8) is 0 Å². The minimum atomic E-state index is -5.52. The molecule has 0 N–H and O–H groups in total. The van der Waals surface area contributed by atoms with Gasteiger partial charge in [-0.3, -0.25) is 0 Å². The summed E-state index contributed by atoms with van der Waals surface area (Å²) in [4.78, 5) is 1.56. The van der Waals surface area contributed by atoms with E-state index in [1.54, 1.807) is 4.90 Å². The predicted octanol–water partition coefficient (Wildman–Crippen LogP) is 7.62. The Hall–Kier alpha value is -1.38. The van der Waals surface area contributed by atoms with E-state index in [-0.39, 0.29) is 11.8 Å². The van der Waals surface area contributed by atoms with E-state index in [9.17, 15) is 21.8 Å². The molecule has 2 aromatic carbocycles. The first-order chi connectivity index (χ1) is 19.2. The van der Waals surface area contributed by atoms with Crippen molar-refractivity contribution in [3.8, 4) is 5.75 Å². The Morgan fingerprint density at radius 1 is 0.950 bits per heavy atom. The van der Waals surface area contributed by atoms with E-state index in [4.69, 9.17) is 4.74 Å². The maximum atomic E-state index is 13.5. The Balaban J connectivity index is 0.000000145. The van der Waals surface area contributed by atoms with Crippen LogP contribution in [0, 0.1) is 41.4 Å². The van der Waals surface area contributed by atoms with Crippen LogP contribution in [0.4, 0.5) is 8.78 Å². The highest BCUT2D eigenvalue weighted by Crippen LogP contribution is 2.69. The standard InChI is InChI=1S/C18H23OS.C14H20F2O3S/c1-2-3-12-19-17-10-11-18(20-13-6-7-14-20)16-9-5-4-8-15(16)17;15-14(16,20(17,18)19)6-10-4-9-5-11(10)13-8-2-1-7(3-8)12(9)13/h4-5,8-11H,2-3,6-7,12-14H2,1H3;7-13H,1-6H2,(H,17,18,19)/q+1;/p-1. The minimum absolute atomic E-state index is 0.243. The highest BCUT2D eigenvalue weighted by atomic mass is 32.2. The first-order valence-corrected chi connectivity index (χ1v) is 18.3. The van der Waals surface area contributed by atoms with E-state index in [1.165, 1.54) is 60.8 Å². The third kappa shape index (κ3) is 5.30. The lowest BCUT2D eigenvalue weighted by atomic mass is 9.67. The largest absolute Gasteiger partial charge is 0.743 e. The van der Waals surface area contributed by atoms with Gasteiger partial charge >= 0.3 is 5.25 Å². The molecule has 0 spiro atoms. The molecule has 40 heavy (non-hydrogen) atoms. The monoisotopic (exact) mass is 592 g/mol. The van der Waals surface area contributed by atoms with Crippen LogP contribution in [-0.2, 0) is 21.0 Å². The minimum Gasteiger partial charge on any atom is -0.743 e. The van der Waals surface area contributed by atoms with Crippen molar-refractivity contribution in [2.75, 3.05) is 18.1 Å². The van der Waals surface area contributed by atoms with Gasteiger partial charge in [-0.15, -0.1) is 0 Å². The molecule has 5 fully saturated rings. The van der Waals surface area contributed by atoms with Crippen molar-refractivity contribution >= 4 is 31.8 Å². The smallest absolute Gasteiger partial charge is 0.334 e. The Morgan fingerprint density at radius 2 is 1.65 bits per heavy atom. The van der Waals surface area contributed by atoms with Crippen LogP contribution in [0.15, 0.2) is 41.3 Å². The van der Waals surface area contributed by atoms with Crippen molar-refractivity contribution < 1.29 is 26.5 Å². The van der Waals surface area contributed by atoms with E-state index in [2.05, 4.69) is 43.3 Å². The maximum Gasteiger partial charge on any atom is 0.334 e. The second-order valence-corrected chi connectivity index (χ2v) is 16.6. The number of hydrogen-bond donors (Lipinski definition) is 0. The molecule has 7 rings (SSSR count). The first-order valence-electron chi connectivity index (χ1n) is 15.3. The molecule has 5 aliphatic rings. The second-order valence-electron chi connectivity index (χ2n) is 12.9. The normalized spacial score (nSPS) is 32.9. The summed E-state index contributed by atoms with van der Waals surface area (Å²) in [7, 11) is -5.06. The van der Waals surface area contributed by atoms with E-state index in [0.29, 0.717) is 41.0 Å². The molecule has 0 aromatic heterocycles. The Bertz CT molecular complexity index is 1310. The summed E-state index contributed by atoms with van der Waals surface area (Å²) >= 11 is 0. The summed E-state index contributed by atoms with van der Waals surface area (Å²) in [6, 6.07) is 13.3. The molecule has 2 aromatic rings. The average molecular weight is 593 g/mol. The molecule has 7 atom stereocenters. The molecule has 4 bridgehead atoms. The topological polar surface area (TPSA) is 66.4 Å². The second kappa shape index (κ2) is 11.4. The molecule has 1 saturated heterocycles. The maximum absolute atomic E-state index is 13.5. The third-order valence-corrected chi connectivity index (χ3v) is 14.1. The lowest BCUT2D eigenvalue weighted by Gasteiger charge is -2.39. The summed E-state index contributed by atoms with van der Waals surface area (Å²) in [5.74, 6) is 7.03. The lowest BCUT2D eigenvalue weighted by Crippen LogP contribution is -2.37. The van der Waals surface area contributed by atoms with Gasteiger partial charge in [0.05, 0.1) is 6.61 Å². The van der Waals surface area contributed by atoms with Crippen molar-refractivity contribution in [1.29, 1.82) is 0 Å². The van der Waals surface area contributed by atoms with Crippen molar-refractivity contribution in [2.24, 2.45) is 41.4 Å². The number of benzene rings is 2. The molecule has 1 aliphatic heterocycles. The van der Waals surface area contributed by atoms with Gasteiger partial charge in [-0.05, 0) is 111 Å². The van der Waals surface area contributed by atoms with E-state index in [0.717, 1.165) is 31.1 Å². The van der Waals surface area contributed by atoms with Crippen LogP contribution in [0.5, 0.6) is 5.75 Å². The first kappa shape index (κ1) is 28.7. The summed E-state index contributed by atoms with van der Waals surface area (Å²) in [6.07, 6.45) is 9.81. The number of fused-ring (bicyclic) bond motifs is 10. The third-order valence-electron chi connectivity index (χ3n) is 10.7. The highest BCUT2D eigenvalue weighted by molar-refractivity contribution is 7.97. The average Bonchev–Trinajstić information content (AvgIpc) is 3.75. The van der Waals surface area contributed by atoms with Gasteiger partial charge in [0.2, 0.25) is 0 Å². The van der Waals surface area contributed by atoms with Gasteiger partial charge in [-0.25, -0.2) is 8.42 Å². The van der Waals surface area contributed by atoms with Crippen LogP contribution in [-0.4, -0.2) is 36.3 Å². The van der Waals surface area contributed by atoms with E-state index in [1.807, 2.05) is 0 Å². The molecular weight excluding hydrogens is 550 g/mol. The molecule has 8 heteroatoms. The van der Waals surface area contributed by atoms with Gasteiger partial charge in [-0.1, -0.05) is 31.5 Å². The summed E-state index contributed by atoms with van der Waals surface area (Å²) in [5, 5.41) is -1.39. The van der Waals surface area contributed by atoms with Gasteiger partial charge in [-0.2, -0.15) is 8.78 Å². The van der Waals surface area contributed by atoms with Crippen LogP contribution in [0.1, 0.15) is 71.1 Å². The summed E-state index contributed by atoms with van der Waals surface area (Å²) in [6.45, 7) is 3.03. The number of ether oxygens (including phenoxy) is 1. The lowest BCUT2D eigenvalue weighted by molar-refractivity contribution is 0.0178. The van der Waals surface area contributed by atoms with Crippen LogP contribution >= 0.6 is 0 Å². The fourth-order valence-electron chi connectivity index (χ4n) is 9.17. The number of unbranched alkanes of at least 4 members (excludes halogenated alkanes) is 1. The summed E-state index contributed by atoms with van der Waals surface area (Å²) < 4.78 is 65.1. The molecule has 0 amide bonds. The molecule has 220 valence electrons. The number of halogens is 2. The number of hydrogen-bond acceptors (Lipinski definition) is 4. The van der Waals surface area contributed by atoms with Gasteiger partial charge in [0, 0.05) is 28.1 Å². The quantitative estimate of drug-likeness (QED) is 0.137. The fraction of sp³-hybridized carbons (Fsp3) is 0.688. The number of rotatable bonds is 8. The van der Waals surface area contributed by atoms with Crippen molar-refractivity contribution in [2.45, 2.75) is 81.3 Å². The van der Waals surface area contributed by atoms with Gasteiger partial charge in [0.1, 0.15) is 17.3 Å². The molecular formula is C32H42F2O4S2. The van der Waals surface area contributed by atoms with Gasteiger partial charge < -0.3 is 9.29 Å². The predicted molar refractivity (Wildman–Crippen MR) is 156 cm³/mol. The van der Waals surface area contributed by atoms with Crippen LogP contribution in [0.3, 0.4) is 0 Å².